The first kappa shape index (κ1) is 16.9. The number of rotatable bonds is 5. The number of carbonyl (C=O) groups excluding carboxylic acids is 2. The fourth-order valence-electron chi connectivity index (χ4n) is 1.70. The molecule has 0 bridgehead atoms. The van der Waals surface area contributed by atoms with E-state index in [0.29, 0.717) is 5.69 Å². The summed E-state index contributed by atoms with van der Waals surface area (Å²) in [7, 11) is 0. The second kappa shape index (κ2) is 6.74. The number of hydrogen-bond acceptors (Lipinski definition) is 5. The molecule has 0 radical (unpaired) electrons. The van der Waals surface area contributed by atoms with Gasteiger partial charge in [-0.3, -0.25) is 15.0 Å². The molecule has 2 rings (SSSR count). The molecular formula is C15H11F3N2O2S. The highest BCUT2D eigenvalue weighted by atomic mass is 32.1. The Balaban J connectivity index is 2.35. The molecule has 0 atom stereocenters. The third-order valence-electron chi connectivity index (χ3n) is 2.75. The monoisotopic (exact) mass is 340 g/mol. The van der Waals surface area contributed by atoms with Crippen molar-refractivity contribution in [2.75, 3.05) is 5.43 Å². The van der Waals surface area contributed by atoms with Gasteiger partial charge in [-0.05, 0) is 36.1 Å². The fraction of sp³-hybridized carbons (Fsp3) is 0.133. The minimum absolute atomic E-state index is 0.00684. The molecule has 120 valence electrons. The van der Waals surface area contributed by atoms with Gasteiger partial charge in [-0.1, -0.05) is 18.2 Å². The van der Waals surface area contributed by atoms with E-state index in [-0.39, 0.29) is 4.88 Å². The van der Waals surface area contributed by atoms with Crippen molar-refractivity contribution in [1.29, 1.82) is 0 Å². The molecule has 1 heterocycles. The lowest BCUT2D eigenvalue weighted by molar-refractivity contribution is -0.163. The van der Waals surface area contributed by atoms with E-state index >= 15 is 0 Å². The lowest BCUT2D eigenvalue weighted by Crippen LogP contribution is -2.36. The summed E-state index contributed by atoms with van der Waals surface area (Å²) in [5.74, 6) is -3.35. The largest absolute Gasteiger partial charge is 0.456 e. The third kappa shape index (κ3) is 4.26. The summed E-state index contributed by atoms with van der Waals surface area (Å²) < 4.78 is 38.1. The van der Waals surface area contributed by atoms with Gasteiger partial charge in [0.05, 0.1) is 10.6 Å². The van der Waals surface area contributed by atoms with Gasteiger partial charge in [0, 0.05) is 0 Å². The topological polar surface area (TPSA) is 58.5 Å². The van der Waals surface area contributed by atoms with Crippen LogP contribution in [-0.4, -0.2) is 23.5 Å². The molecule has 0 aliphatic heterocycles. The number of alkyl halides is 3. The summed E-state index contributed by atoms with van der Waals surface area (Å²) in [6.07, 6.45) is -5.18. The van der Waals surface area contributed by atoms with Gasteiger partial charge in [-0.25, -0.2) is 0 Å². The van der Waals surface area contributed by atoms with Crippen LogP contribution in [0.3, 0.4) is 0 Å². The summed E-state index contributed by atoms with van der Waals surface area (Å²) in [5, 5.41) is 4.94. The van der Waals surface area contributed by atoms with E-state index in [1.54, 1.807) is 31.2 Å². The number of hydrogen-bond donors (Lipinski definition) is 1. The van der Waals surface area contributed by atoms with Crippen LogP contribution < -0.4 is 5.43 Å². The maximum atomic E-state index is 12.7. The van der Waals surface area contributed by atoms with Crippen LogP contribution in [-0.2, 0) is 4.79 Å². The van der Waals surface area contributed by atoms with Crippen molar-refractivity contribution < 1.29 is 22.8 Å². The van der Waals surface area contributed by atoms with Crippen molar-refractivity contribution in [3.63, 3.8) is 0 Å². The average Bonchev–Trinajstić information content (AvgIpc) is 3.00. The molecule has 1 aromatic heterocycles. The molecular weight excluding hydrogens is 329 g/mol. The summed E-state index contributed by atoms with van der Waals surface area (Å²) >= 11 is 0.934. The highest BCUT2D eigenvalue weighted by Crippen LogP contribution is 2.20. The number of thiophene rings is 1. The minimum Gasteiger partial charge on any atom is -0.286 e. The van der Waals surface area contributed by atoms with Gasteiger partial charge >= 0.3 is 6.18 Å². The van der Waals surface area contributed by atoms with Crippen LogP contribution in [0.25, 0.3) is 0 Å². The number of ketones is 2. The van der Waals surface area contributed by atoms with Crippen LogP contribution in [0.1, 0.15) is 15.2 Å². The van der Waals surface area contributed by atoms with Gasteiger partial charge in [-0.2, -0.15) is 18.3 Å². The van der Waals surface area contributed by atoms with Gasteiger partial charge in [0.25, 0.3) is 5.78 Å². The van der Waals surface area contributed by atoms with E-state index in [0.717, 1.165) is 16.9 Å². The molecule has 1 aromatic carbocycles. The first-order valence-corrected chi connectivity index (χ1v) is 7.27. The highest BCUT2D eigenvalue weighted by molar-refractivity contribution is 7.13. The van der Waals surface area contributed by atoms with Crippen molar-refractivity contribution in [2.24, 2.45) is 5.10 Å². The summed E-state index contributed by atoms with van der Waals surface area (Å²) in [6, 6.07) is 9.46. The second-order valence-corrected chi connectivity index (χ2v) is 5.52. The summed E-state index contributed by atoms with van der Waals surface area (Å²) in [4.78, 5) is 23.6. The minimum atomic E-state index is -5.18. The molecule has 0 saturated heterocycles. The molecule has 0 unspecified atom stereocenters. The van der Waals surface area contributed by atoms with E-state index in [4.69, 9.17) is 0 Å². The van der Waals surface area contributed by atoms with Gasteiger partial charge in [0.15, 0.2) is 5.71 Å². The Morgan fingerprint density at radius 1 is 1.17 bits per heavy atom. The maximum Gasteiger partial charge on any atom is 0.456 e. The normalized spacial score (nSPS) is 12.1. The molecule has 0 fully saturated rings. The number of hydrazone groups is 1. The SMILES string of the molecule is Cc1cccc(N/N=C(/C(=O)c2cccs2)C(=O)C(F)(F)F)c1. The third-order valence-corrected chi connectivity index (χ3v) is 3.62. The average molecular weight is 340 g/mol. The quantitative estimate of drug-likeness (QED) is 0.389. The molecule has 0 amide bonds. The molecule has 2 aromatic rings. The second-order valence-electron chi connectivity index (χ2n) is 4.58. The van der Waals surface area contributed by atoms with Crippen LogP contribution in [0.15, 0.2) is 46.9 Å². The van der Waals surface area contributed by atoms with Crippen molar-refractivity contribution in [3.05, 3.63) is 52.2 Å². The van der Waals surface area contributed by atoms with Crippen LogP contribution in [0.4, 0.5) is 18.9 Å². The number of halogens is 3. The number of anilines is 1. The van der Waals surface area contributed by atoms with Crippen molar-refractivity contribution in [3.8, 4) is 0 Å². The lowest BCUT2D eigenvalue weighted by Gasteiger charge is -2.08. The predicted molar refractivity (Wildman–Crippen MR) is 81.9 cm³/mol. The van der Waals surface area contributed by atoms with Gasteiger partial charge in [0.2, 0.25) is 5.78 Å². The van der Waals surface area contributed by atoms with Crippen molar-refractivity contribution in [1.82, 2.24) is 0 Å². The smallest absolute Gasteiger partial charge is 0.286 e. The summed E-state index contributed by atoms with van der Waals surface area (Å²) in [5.41, 5.74) is 2.36. The fourth-order valence-corrected chi connectivity index (χ4v) is 2.36. The highest BCUT2D eigenvalue weighted by Gasteiger charge is 2.44. The molecule has 0 saturated carbocycles. The first-order valence-electron chi connectivity index (χ1n) is 6.39. The predicted octanol–water partition coefficient (Wildman–Crippen LogP) is 3.84. The molecule has 23 heavy (non-hydrogen) atoms. The Labute approximate surface area is 133 Å². The zero-order chi connectivity index (χ0) is 17.0. The van der Waals surface area contributed by atoms with Crippen LogP contribution >= 0.6 is 11.3 Å². The lowest BCUT2D eigenvalue weighted by atomic mass is 10.1. The van der Waals surface area contributed by atoms with E-state index in [9.17, 15) is 22.8 Å². The Bertz CT molecular complexity index is 752. The molecule has 4 nitrogen and oxygen atoms in total. The Kier molecular flexibility index (Phi) is 4.95. The molecule has 0 spiro atoms. The van der Waals surface area contributed by atoms with Crippen LogP contribution in [0.5, 0.6) is 0 Å². The number of Topliss-reactive ketones (excluding diaryl/α,β-unsaturated/α-hetero) is 2. The van der Waals surface area contributed by atoms with E-state index in [1.807, 2.05) is 0 Å². The number of nitrogens with one attached hydrogen (secondary N) is 1. The number of benzene rings is 1. The van der Waals surface area contributed by atoms with E-state index in [1.165, 1.54) is 17.5 Å². The standard InChI is InChI=1S/C15H11F3N2O2S/c1-9-4-2-5-10(8-9)19-20-12(14(22)15(16,17)18)13(21)11-6-3-7-23-11/h2-8,19H,1H3/b20-12-. The Morgan fingerprint density at radius 3 is 2.48 bits per heavy atom. The molecule has 0 aliphatic carbocycles. The first-order chi connectivity index (χ1) is 10.8. The number of nitrogens with zero attached hydrogens (tertiary/aromatic N) is 1. The van der Waals surface area contributed by atoms with Gasteiger partial charge < -0.3 is 0 Å². The number of carbonyl (C=O) groups is 2. The Morgan fingerprint density at radius 2 is 1.91 bits per heavy atom. The van der Waals surface area contributed by atoms with Gasteiger partial charge in [-0.15, -0.1) is 11.3 Å². The molecule has 0 aliphatic rings. The van der Waals surface area contributed by atoms with Crippen molar-refractivity contribution >= 4 is 34.3 Å². The van der Waals surface area contributed by atoms with Crippen LogP contribution in [0, 0.1) is 6.92 Å². The molecule has 8 heteroatoms. The van der Waals surface area contributed by atoms with E-state index < -0.39 is 23.5 Å². The van der Waals surface area contributed by atoms with Gasteiger partial charge in [0.1, 0.15) is 0 Å². The molecule has 1 N–H and O–H groups in total. The van der Waals surface area contributed by atoms with Crippen LogP contribution in [0.2, 0.25) is 0 Å². The van der Waals surface area contributed by atoms with Crippen molar-refractivity contribution in [2.45, 2.75) is 13.1 Å². The zero-order valence-corrected chi connectivity index (χ0v) is 12.7. The summed E-state index contributed by atoms with van der Waals surface area (Å²) in [6.45, 7) is 1.79. The maximum absolute atomic E-state index is 12.7. The number of aryl methyl sites for hydroxylation is 1. The Hall–Kier alpha value is -2.48. The zero-order valence-electron chi connectivity index (χ0n) is 11.8. The van der Waals surface area contributed by atoms with E-state index in [2.05, 4.69) is 10.5 Å².